The van der Waals surface area contributed by atoms with E-state index in [4.69, 9.17) is 22.1 Å². The molecule has 0 fully saturated rings. The Morgan fingerprint density at radius 3 is 2.59 bits per heavy atom. The van der Waals surface area contributed by atoms with Crippen LogP contribution in [0, 0.1) is 0 Å². The van der Waals surface area contributed by atoms with Gasteiger partial charge in [0.05, 0.1) is 0 Å². The first kappa shape index (κ1) is 11.9. The number of ether oxygens (including phenoxy) is 1. The predicted octanol–water partition coefficient (Wildman–Crippen LogP) is 2.77. The summed E-state index contributed by atoms with van der Waals surface area (Å²) in [7, 11) is 0. The molecule has 17 heavy (non-hydrogen) atoms. The van der Waals surface area contributed by atoms with Crippen molar-refractivity contribution in [1.29, 1.82) is 0 Å². The average Bonchev–Trinajstić information content (AvgIpc) is 2.38. The maximum Gasteiger partial charge on any atom is 0.119 e. The number of aromatic nitrogens is 1. The molecule has 1 aromatic carbocycles. The van der Waals surface area contributed by atoms with Gasteiger partial charge < -0.3 is 10.5 Å². The normalized spacial score (nSPS) is 10.2. The van der Waals surface area contributed by atoms with Gasteiger partial charge in [-0.2, -0.15) is 0 Å². The molecule has 0 unspecified atom stereocenters. The molecule has 3 nitrogen and oxygen atoms in total. The van der Waals surface area contributed by atoms with Crippen molar-refractivity contribution in [3.8, 4) is 5.75 Å². The molecule has 2 N–H and O–H groups in total. The van der Waals surface area contributed by atoms with Crippen molar-refractivity contribution >= 4 is 11.6 Å². The zero-order valence-electron chi connectivity index (χ0n) is 9.27. The molecule has 0 saturated carbocycles. The van der Waals surface area contributed by atoms with E-state index in [1.807, 2.05) is 18.2 Å². The fourth-order valence-electron chi connectivity index (χ4n) is 1.47. The minimum Gasteiger partial charge on any atom is -0.489 e. The Morgan fingerprint density at radius 2 is 1.88 bits per heavy atom. The molecule has 4 heteroatoms. The van der Waals surface area contributed by atoms with Crippen LogP contribution in [0.3, 0.4) is 0 Å². The third-order valence-electron chi connectivity index (χ3n) is 2.43. The number of nitrogens with zero attached hydrogens (tertiary/aromatic N) is 1. The van der Waals surface area contributed by atoms with Crippen LogP contribution < -0.4 is 10.5 Å². The fourth-order valence-corrected chi connectivity index (χ4v) is 1.60. The Labute approximate surface area is 105 Å². The summed E-state index contributed by atoms with van der Waals surface area (Å²) in [4.78, 5) is 4.03. The standard InChI is InChI=1S/C13H13ClN2O/c14-12-1-3-13(4-2-12)17-9-10-5-6-16-8-11(10)7-15/h1-6,8H,7,9,15H2. The van der Waals surface area contributed by atoms with E-state index < -0.39 is 0 Å². The number of halogens is 1. The van der Waals surface area contributed by atoms with Crippen molar-refractivity contribution < 1.29 is 4.74 Å². The van der Waals surface area contributed by atoms with Crippen molar-refractivity contribution in [3.63, 3.8) is 0 Å². The summed E-state index contributed by atoms with van der Waals surface area (Å²) in [5.74, 6) is 0.786. The van der Waals surface area contributed by atoms with Crippen LogP contribution in [0.2, 0.25) is 5.02 Å². The van der Waals surface area contributed by atoms with Crippen molar-refractivity contribution in [2.45, 2.75) is 13.2 Å². The summed E-state index contributed by atoms with van der Waals surface area (Å²) in [5.41, 5.74) is 7.68. The molecule has 0 radical (unpaired) electrons. The van der Waals surface area contributed by atoms with E-state index in [0.717, 1.165) is 16.9 Å². The zero-order chi connectivity index (χ0) is 12.1. The Morgan fingerprint density at radius 1 is 1.12 bits per heavy atom. The van der Waals surface area contributed by atoms with E-state index in [9.17, 15) is 0 Å². The molecule has 1 aromatic heterocycles. The van der Waals surface area contributed by atoms with Crippen LogP contribution in [0.5, 0.6) is 5.75 Å². The average molecular weight is 249 g/mol. The van der Waals surface area contributed by atoms with Gasteiger partial charge in [0.15, 0.2) is 0 Å². The first-order chi connectivity index (χ1) is 8.29. The molecule has 1 heterocycles. The molecule has 0 aliphatic heterocycles. The minimum atomic E-state index is 0.465. The summed E-state index contributed by atoms with van der Waals surface area (Å²) in [6.07, 6.45) is 3.50. The van der Waals surface area contributed by atoms with E-state index in [0.29, 0.717) is 18.2 Å². The number of pyridine rings is 1. The van der Waals surface area contributed by atoms with Crippen molar-refractivity contribution in [3.05, 3.63) is 58.9 Å². The van der Waals surface area contributed by atoms with Gasteiger partial charge in [0.2, 0.25) is 0 Å². The van der Waals surface area contributed by atoms with Gasteiger partial charge in [-0.1, -0.05) is 11.6 Å². The second-order valence-electron chi connectivity index (χ2n) is 3.59. The topological polar surface area (TPSA) is 48.1 Å². The highest BCUT2D eigenvalue weighted by molar-refractivity contribution is 6.30. The lowest BCUT2D eigenvalue weighted by Crippen LogP contribution is -2.05. The number of rotatable bonds is 4. The molecule has 0 atom stereocenters. The van der Waals surface area contributed by atoms with Crippen LogP contribution in [-0.2, 0) is 13.2 Å². The van der Waals surface area contributed by atoms with E-state index >= 15 is 0 Å². The molecular weight excluding hydrogens is 236 g/mol. The maximum absolute atomic E-state index is 5.80. The quantitative estimate of drug-likeness (QED) is 0.905. The Balaban J connectivity index is 2.04. The summed E-state index contributed by atoms with van der Waals surface area (Å²) < 4.78 is 5.65. The molecular formula is C13H13ClN2O. The van der Waals surface area contributed by atoms with Gasteiger partial charge in [0.25, 0.3) is 0 Å². The lowest BCUT2D eigenvalue weighted by atomic mass is 10.1. The number of hydrogen-bond acceptors (Lipinski definition) is 3. The van der Waals surface area contributed by atoms with Gasteiger partial charge in [-0.05, 0) is 41.5 Å². The second-order valence-corrected chi connectivity index (χ2v) is 4.03. The highest BCUT2D eigenvalue weighted by atomic mass is 35.5. The summed E-state index contributed by atoms with van der Waals surface area (Å²) >= 11 is 5.80. The molecule has 0 bridgehead atoms. The first-order valence-corrected chi connectivity index (χ1v) is 5.67. The molecule has 2 aromatic rings. The van der Waals surface area contributed by atoms with Crippen LogP contribution in [0.4, 0.5) is 0 Å². The van der Waals surface area contributed by atoms with Gasteiger partial charge in [0.1, 0.15) is 12.4 Å². The van der Waals surface area contributed by atoms with Crippen LogP contribution in [0.1, 0.15) is 11.1 Å². The smallest absolute Gasteiger partial charge is 0.119 e. The first-order valence-electron chi connectivity index (χ1n) is 5.30. The third kappa shape index (κ3) is 3.19. The molecule has 0 spiro atoms. The van der Waals surface area contributed by atoms with Crippen LogP contribution in [0.25, 0.3) is 0 Å². The fraction of sp³-hybridized carbons (Fsp3) is 0.154. The Bertz CT molecular complexity index is 485. The van der Waals surface area contributed by atoms with E-state index in [1.165, 1.54) is 0 Å². The summed E-state index contributed by atoms with van der Waals surface area (Å²) in [5, 5.41) is 0.698. The Hall–Kier alpha value is -1.58. The number of hydrogen-bond donors (Lipinski definition) is 1. The van der Waals surface area contributed by atoms with Crippen LogP contribution >= 0.6 is 11.6 Å². The third-order valence-corrected chi connectivity index (χ3v) is 2.68. The van der Waals surface area contributed by atoms with E-state index in [2.05, 4.69) is 4.98 Å². The summed E-state index contributed by atoms with van der Waals surface area (Å²) in [6.45, 7) is 0.948. The van der Waals surface area contributed by atoms with E-state index in [1.54, 1.807) is 24.5 Å². The highest BCUT2D eigenvalue weighted by Gasteiger charge is 2.01. The molecule has 0 aliphatic rings. The Kier molecular flexibility index (Phi) is 3.96. The monoisotopic (exact) mass is 248 g/mol. The molecule has 0 aliphatic carbocycles. The lowest BCUT2D eigenvalue weighted by molar-refractivity contribution is 0.305. The van der Waals surface area contributed by atoms with Gasteiger partial charge in [0, 0.05) is 24.0 Å². The molecule has 0 amide bonds. The SMILES string of the molecule is NCc1cnccc1COc1ccc(Cl)cc1. The van der Waals surface area contributed by atoms with E-state index in [-0.39, 0.29) is 0 Å². The van der Waals surface area contributed by atoms with Gasteiger partial charge >= 0.3 is 0 Å². The molecule has 88 valence electrons. The zero-order valence-corrected chi connectivity index (χ0v) is 10.0. The minimum absolute atomic E-state index is 0.465. The van der Waals surface area contributed by atoms with Crippen molar-refractivity contribution in [2.75, 3.05) is 0 Å². The van der Waals surface area contributed by atoms with Gasteiger partial charge in [-0.3, -0.25) is 4.98 Å². The van der Waals surface area contributed by atoms with Gasteiger partial charge in [-0.15, -0.1) is 0 Å². The largest absolute Gasteiger partial charge is 0.489 e. The number of nitrogens with two attached hydrogens (primary N) is 1. The summed E-state index contributed by atoms with van der Waals surface area (Å²) in [6, 6.07) is 9.19. The lowest BCUT2D eigenvalue weighted by Gasteiger charge is -2.09. The van der Waals surface area contributed by atoms with Gasteiger partial charge in [-0.25, -0.2) is 0 Å². The molecule has 0 saturated heterocycles. The van der Waals surface area contributed by atoms with Crippen LogP contribution in [-0.4, -0.2) is 4.98 Å². The number of benzene rings is 1. The second kappa shape index (κ2) is 5.66. The predicted molar refractivity (Wildman–Crippen MR) is 67.9 cm³/mol. The van der Waals surface area contributed by atoms with Crippen molar-refractivity contribution in [1.82, 2.24) is 4.98 Å². The maximum atomic E-state index is 5.80. The highest BCUT2D eigenvalue weighted by Crippen LogP contribution is 2.17. The molecule has 2 rings (SSSR count). The van der Waals surface area contributed by atoms with Crippen molar-refractivity contribution in [2.24, 2.45) is 5.73 Å². The van der Waals surface area contributed by atoms with Crippen LogP contribution in [0.15, 0.2) is 42.7 Å².